The Balaban J connectivity index is 0.00000284. The quantitative estimate of drug-likeness (QED) is 0.0642. The van der Waals surface area contributed by atoms with Crippen molar-refractivity contribution in [2.75, 3.05) is 5.09 Å². The maximum atomic E-state index is 17.2. The second-order valence-corrected chi connectivity index (χ2v) is 27.6. The average Bonchev–Trinajstić information content (AvgIpc) is 3.60. The van der Waals surface area contributed by atoms with Crippen LogP contribution in [0.5, 0.6) is 11.5 Å². The first-order chi connectivity index (χ1) is 35.9. The molecule has 1 aliphatic heterocycles. The molecule has 1 aliphatic rings. The Bertz CT molecular complexity index is 3360. The first kappa shape index (κ1) is 48.7. The lowest BCUT2D eigenvalue weighted by molar-refractivity contribution is 0.400. The molecule has 11 aromatic rings. The van der Waals surface area contributed by atoms with Crippen molar-refractivity contribution in [2.24, 2.45) is 0 Å². The summed E-state index contributed by atoms with van der Waals surface area (Å²) in [6, 6.07) is 93.2. The van der Waals surface area contributed by atoms with Gasteiger partial charge in [0.1, 0.15) is 11.5 Å². The molecular weight excluding hydrogens is 1170 g/mol. The van der Waals surface area contributed by atoms with Gasteiger partial charge in [0.25, 0.3) is 0 Å². The van der Waals surface area contributed by atoms with Gasteiger partial charge in [0.15, 0.2) is 16.1 Å². The van der Waals surface area contributed by atoms with Crippen LogP contribution >= 0.6 is 45.0 Å². The molecule has 0 bridgehead atoms. The largest absolute Gasteiger partial charge is 0.541 e. The molecule has 356 valence electrons. The number of rotatable bonds is 10. The van der Waals surface area contributed by atoms with E-state index in [1.807, 2.05) is 32.0 Å². The number of fused-ring (bicyclic) bond motifs is 7. The van der Waals surface area contributed by atoms with Gasteiger partial charge in [0.2, 0.25) is 0 Å². The Morgan fingerprint density at radius 3 is 0.945 bits per heavy atom. The van der Waals surface area contributed by atoms with Crippen molar-refractivity contribution in [1.29, 1.82) is 0 Å². The van der Waals surface area contributed by atoms with E-state index in [1.165, 1.54) is 31.1 Å². The molecule has 12 rings (SSSR count). The fourth-order valence-corrected chi connectivity index (χ4v) is 23.0. The number of hydrogen-bond acceptors (Lipinski definition) is 3. The lowest BCUT2D eigenvalue weighted by Gasteiger charge is -2.36. The molecule has 0 aromatic heterocycles. The van der Waals surface area contributed by atoms with Crippen LogP contribution < -0.4 is 55.6 Å². The number of hydrogen-bond donors (Lipinski definition) is 1. The average molecular weight is 1220 g/mol. The highest BCUT2D eigenvalue weighted by atomic mass is 128. The molecule has 1 heterocycles. The van der Waals surface area contributed by atoms with Crippen LogP contribution in [0.1, 0.15) is 11.1 Å². The monoisotopic (exact) mass is 1220 g/mol. The van der Waals surface area contributed by atoms with Crippen LogP contribution in [0.4, 0.5) is 5.69 Å². The first-order valence-electron chi connectivity index (χ1n) is 24.3. The Labute approximate surface area is 453 Å². The van der Waals surface area contributed by atoms with E-state index >= 15 is 4.57 Å². The van der Waals surface area contributed by atoms with Gasteiger partial charge in [-0.15, -0.1) is 0 Å². The second-order valence-electron chi connectivity index (χ2n) is 18.5. The van der Waals surface area contributed by atoms with Gasteiger partial charge in [-0.25, -0.2) is 4.57 Å². The molecule has 0 saturated heterocycles. The number of anilines is 1. The summed E-state index contributed by atoms with van der Waals surface area (Å²) in [5, 5.41) is 16.6. The van der Waals surface area contributed by atoms with E-state index in [1.54, 1.807) is 0 Å². The summed E-state index contributed by atoms with van der Waals surface area (Å²) in [6.07, 6.45) is 0. The lowest BCUT2D eigenvalue weighted by atomic mass is 9.92. The van der Waals surface area contributed by atoms with Crippen molar-refractivity contribution >= 4 is 130 Å². The van der Waals surface area contributed by atoms with E-state index in [9.17, 15) is 0 Å². The van der Waals surface area contributed by atoms with Gasteiger partial charge in [0, 0.05) is 48.4 Å². The van der Waals surface area contributed by atoms with E-state index < -0.39 is 23.9 Å². The topological polar surface area (TPSA) is 47.6 Å². The van der Waals surface area contributed by atoms with E-state index in [0.717, 1.165) is 54.2 Å². The van der Waals surface area contributed by atoms with Crippen LogP contribution in [0.2, 0.25) is 0 Å². The van der Waals surface area contributed by atoms with Gasteiger partial charge in [0.05, 0.1) is 5.69 Å². The van der Waals surface area contributed by atoms with Crippen molar-refractivity contribution < 1.29 is 13.6 Å². The maximum Gasteiger partial charge on any atom is 0.541 e. The first-order valence-corrected chi connectivity index (χ1v) is 36.2. The van der Waals surface area contributed by atoms with E-state index in [0.29, 0.717) is 17.2 Å². The summed E-state index contributed by atoms with van der Waals surface area (Å²) < 4.78 is 32.5. The molecule has 0 radical (unpaired) electrons. The number of nitrogens with one attached hydrogen (secondary N) is 1. The molecule has 0 unspecified atom stereocenters. The molecule has 0 aliphatic carbocycles. The summed E-state index contributed by atoms with van der Waals surface area (Å²) in [5.74, 6) is 1.09. The zero-order valence-electron chi connectivity index (χ0n) is 40.3. The van der Waals surface area contributed by atoms with Crippen LogP contribution in [0, 0.1) is 13.8 Å². The molecular formula is C64H50I2NO3PSi2. The van der Waals surface area contributed by atoms with Crippen LogP contribution in [0.3, 0.4) is 0 Å². The second kappa shape index (κ2) is 20.8. The van der Waals surface area contributed by atoms with Gasteiger partial charge in [-0.3, -0.25) is 5.09 Å². The third kappa shape index (κ3) is 8.47. The van der Waals surface area contributed by atoms with Gasteiger partial charge in [-0.1, -0.05) is 261 Å². The number of para-hydroxylation sites is 1. The lowest BCUT2D eigenvalue weighted by Crippen LogP contribution is -2.75. The summed E-state index contributed by atoms with van der Waals surface area (Å²) in [5.41, 5.74) is 4.27. The highest BCUT2D eigenvalue weighted by Gasteiger charge is 2.51. The molecule has 0 amide bonds. The molecule has 0 fully saturated rings. The van der Waals surface area contributed by atoms with Crippen molar-refractivity contribution in [3.8, 4) is 22.6 Å². The summed E-state index contributed by atoms with van der Waals surface area (Å²) in [4.78, 5) is 0. The molecule has 11 aromatic carbocycles. The zero-order chi connectivity index (χ0) is 50.0. The predicted molar refractivity (Wildman–Crippen MR) is 331 cm³/mol. The molecule has 1 N–H and O–H groups in total. The molecule has 4 nitrogen and oxygen atoms in total. The maximum absolute atomic E-state index is 17.2. The van der Waals surface area contributed by atoms with Gasteiger partial charge >= 0.3 is 7.75 Å². The minimum atomic E-state index is -4.50. The standard InChI is InChI=1S/C64H50NO3PSi2.I2/c1-46-26-25-27-47(2)62(46)65-69(66)67-63-58(70(50-30-9-3-10-31-50,51-32-11-4-12-33-51)52-34-13-5-14-35-52)44-48-28-21-23-42-56(48)60(63)61-57-43-24-22-29-49(57)45-59(64(61)68-69)71(53-36-15-6-16-37-53,54-38-17-7-18-39-54)55-40-19-8-20-41-55;1-2/h3-45H,1-2H3,(H,65,66);. The van der Waals surface area contributed by atoms with Crippen LogP contribution in [0.15, 0.2) is 261 Å². The molecule has 73 heavy (non-hydrogen) atoms. The van der Waals surface area contributed by atoms with Gasteiger partial charge in [-0.05, 0) is 88.0 Å². The highest BCUT2D eigenvalue weighted by Crippen LogP contribution is 2.58. The summed E-state index contributed by atoms with van der Waals surface area (Å²) in [6.45, 7) is 4.07. The van der Waals surface area contributed by atoms with E-state index in [2.05, 4.69) is 285 Å². The molecule has 0 saturated carbocycles. The Morgan fingerprint density at radius 2 is 0.644 bits per heavy atom. The minimum absolute atomic E-state index is 0.543. The number of benzene rings is 11. The molecule has 0 spiro atoms. The van der Waals surface area contributed by atoms with Crippen molar-refractivity contribution in [1.82, 2.24) is 0 Å². The van der Waals surface area contributed by atoms with Crippen LogP contribution in [0.25, 0.3) is 32.7 Å². The third-order valence-corrected chi connectivity index (χ3v) is 25.4. The van der Waals surface area contributed by atoms with E-state index in [4.69, 9.17) is 9.05 Å². The Hall–Kier alpha value is -6.54. The fourth-order valence-electron chi connectivity index (χ4n) is 11.4. The number of aryl methyl sites for hydroxylation is 2. The zero-order valence-corrected chi connectivity index (χ0v) is 47.5. The predicted octanol–water partition coefficient (Wildman–Crippen LogP) is 12.8. The van der Waals surface area contributed by atoms with E-state index in [-0.39, 0.29) is 0 Å². The molecule has 9 heteroatoms. The van der Waals surface area contributed by atoms with Crippen molar-refractivity contribution in [3.05, 3.63) is 272 Å². The van der Waals surface area contributed by atoms with Crippen LogP contribution in [-0.4, -0.2) is 16.1 Å². The summed E-state index contributed by atoms with van der Waals surface area (Å²) in [7, 11) is -11.3. The number of halogens is 2. The summed E-state index contributed by atoms with van der Waals surface area (Å²) >= 11 is 4.24. The normalized spacial score (nSPS) is 12.8. The Kier molecular flexibility index (Phi) is 13.9. The Morgan fingerprint density at radius 1 is 0.370 bits per heavy atom. The fraction of sp³-hybridized carbons (Fsp3) is 0.0312. The smallest absolute Gasteiger partial charge is 0.400 e. The molecule has 0 atom stereocenters. The van der Waals surface area contributed by atoms with Crippen LogP contribution in [-0.2, 0) is 4.57 Å². The van der Waals surface area contributed by atoms with Gasteiger partial charge in [-0.2, -0.15) is 0 Å². The van der Waals surface area contributed by atoms with Gasteiger partial charge < -0.3 is 9.05 Å². The van der Waals surface area contributed by atoms with Crippen molar-refractivity contribution in [3.63, 3.8) is 0 Å². The third-order valence-electron chi connectivity index (χ3n) is 14.5. The minimum Gasteiger partial charge on any atom is -0.400 e. The van der Waals surface area contributed by atoms with Crippen molar-refractivity contribution in [2.45, 2.75) is 13.8 Å². The SMILES string of the molecule is Cc1cccc(C)c1NP1(=O)Oc2c([Si](c3ccccc3)(c3ccccc3)c3ccccc3)cc3ccccc3c2-c2c(c([Si](c3ccccc3)(c3ccccc3)c3ccccc3)cc3ccccc23)O1.II. The highest BCUT2D eigenvalue weighted by molar-refractivity contribution is 15.0.